The maximum atomic E-state index is 13.5. The number of para-hydroxylation sites is 1. The Morgan fingerprint density at radius 2 is 2.05 bits per heavy atom. The van der Waals surface area contributed by atoms with E-state index in [1.807, 2.05) is 66.1 Å². The molecule has 1 atom stereocenters. The average molecular weight is 567 g/mol. The number of ether oxygens (including phenoxy) is 1. The number of nitrogens with zero attached hydrogens (tertiary/aromatic N) is 3. The fourth-order valence-electron chi connectivity index (χ4n) is 5.26. The molecule has 0 aliphatic carbocycles. The first-order chi connectivity index (χ1) is 19.9. The number of likely N-dealkylation sites (tertiary alicyclic amines) is 1. The molecule has 1 aliphatic rings. The Hall–Kier alpha value is -4.67. The highest BCUT2D eigenvalue weighted by Gasteiger charge is 2.28. The van der Waals surface area contributed by atoms with Gasteiger partial charge in [0, 0.05) is 37.9 Å². The van der Waals surface area contributed by atoms with Gasteiger partial charge in [0.1, 0.15) is 26.7 Å². The number of hydrogen-bond acceptors (Lipinski definition) is 6. The molecule has 1 aliphatic heterocycles. The summed E-state index contributed by atoms with van der Waals surface area (Å²) in [6.45, 7) is 7.69. The number of hydrogen-bond donors (Lipinski definition) is 3. The Bertz CT molecular complexity index is 1850. The van der Waals surface area contributed by atoms with Crippen molar-refractivity contribution in [3.8, 4) is 17.2 Å². The number of aromatic amines is 1. The minimum atomic E-state index is -0.196. The van der Waals surface area contributed by atoms with Gasteiger partial charge in [-0.15, -0.1) is 11.3 Å². The first kappa shape index (κ1) is 26.5. The summed E-state index contributed by atoms with van der Waals surface area (Å²) < 4.78 is 8.07. The first-order valence-electron chi connectivity index (χ1n) is 13.4. The van der Waals surface area contributed by atoms with Crippen molar-refractivity contribution in [1.29, 1.82) is 0 Å². The number of thiophene rings is 1. The Labute approximate surface area is 240 Å². The summed E-state index contributed by atoms with van der Waals surface area (Å²) in [4.78, 5) is 36.8. The molecule has 1 fully saturated rings. The maximum Gasteiger partial charge on any atom is 0.263 e. The maximum absolute atomic E-state index is 13.5. The number of aryl methyl sites for hydroxylation is 1. The van der Waals surface area contributed by atoms with Crippen LogP contribution in [-0.4, -0.2) is 56.9 Å². The van der Waals surface area contributed by atoms with Crippen molar-refractivity contribution in [2.75, 3.05) is 19.6 Å². The number of H-pyrrole nitrogens is 1. The lowest BCUT2D eigenvalue weighted by atomic mass is 10.1. The second-order valence-corrected chi connectivity index (χ2v) is 11.0. The number of carbonyl (C=O) groups excluding carboxylic acids is 2. The minimum Gasteiger partial charge on any atom is -0.457 e. The van der Waals surface area contributed by atoms with Gasteiger partial charge in [-0.1, -0.05) is 30.9 Å². The molecule has 5 aromatic rings. The fraction of sp³-hybridized carbons (Fsp3) is 0.194. The van der Waals surface area contributed by atoms with Crippen molar-refractivity contribution < 1.29 is 14.3 Å². The number of carbonyl (C=O) groups is 2. The van der Waals surface area contributed by atoms with E-state index in [2.05, 4.69) is 21.9 Å². The largest absolute Gasteiger partial charge is 0.457 e. The summed E-state index contributed by atoms with van der Waals surface area (Å²) in [5.41, 5.74) is 9.63. The van der Waals surface area contributed by atoms with Crippen molar-refractivity contribution in [3.05, 3.63) is 88.9 Å². The first-order valence-corrected chi connectivity index (χ1v) is 14.2. The third-order valence-electron chi connectivity index (χ3n) is 7.18. The molecule has 3 aromatic heterocycles. The van der Waals surface area contributed by atoms with Crippen molar-refractivity contribution in [3.63, 3.8) is 0 Å². The molecule has 0 spiro atoms. The van der Waals surface area contributed by atoms with Gasteiger partial charge < -0.3 is 25.7 Å². The van der Waals surface area contributed by atoms with E-state index in [-0.39, 0.29) is 17.9 Å². The molecule has 1 saturated heterocycles. The zero-order valence-electron chi connectivity index (χ0n) is 22.6. The molecule has 10 heteroatoms. The summed E-state index contributed by atoms with van der Waals surface area (Å²) in [6, 6.07) is 17.4. The topological polar surface area (TPSA) is 118 Å². The summed E-state index contributed by atoms with van der Waals surface area (Å²) >= 11 is 1.34. The minimum absolute atomic E-state index is 0.0917. The summed E-state index contributed by atoms with van der Waals surface area (Å²) in [5, 5.41) is 3.98. The molecule has 0 saturated carbocycles. The number of aromatic nitrogens is 3. The van der Waals surface area contributed by atoms with Gasteiger partial charge in [0.15, 0.2) is 0 Å². The summed E-state index contributed by atoms with van der Waals surface area (Å²) in [6.07, 6.45) is 5.56. The van der Waals surface area contributed by atoms with E-state index in [9.17, 15) is 9.59 Å². The Kier molecular flexibility index (Phi) is 7.17. The van der Waals surface area contributed by atoms with Crippen LogP contribution in [0.25, 0.3) is 33.5 Å². The van der Waals surface area contributed by atoms with Crippen LogP contribution in [0.2, 0.25) is 0 Å². The second kappa shape index (κ2) is 11.1. The molecule has 4 heterocycles. The van der Waals surface area contributed by atoms with Gasteiger partial charge in [-0.3, -0.25) is 14.2 Å². The lowest BCUT2D eigenvalue weighted by Crippen LogP contribution is -2.38. The quantitative estimate of drug-likeness (QED) is 0.255. The van der Waals surface area contributed by atoms with E-state index >= 15 is 0 Å². The molecule has 9 nitrogen and oxygen atoms in total. The molecule has 0 bridgehead atoms. The van der Waals surface area contributed by atoms with Gasteiger partial charge in [0.25, 0.3) is 5.91 Å². The van der Waals surface area contributed by atoms with Crippen LogP contribution in [0.4, 0.5) is 0 Å². The standard InChI is InChI=1S/C31H30N6O3S/c1-19-17-23(40-22-7-4-3-5-8-22)10-11-24(19)37-20(2)34-28-27-25(37)12-15-33-31(27)41-29(28)30(39)35-21-13-16-36(18-21)26(38)9-6-14-32/h3-12,15,17,21,34H,2,13-14,16,18,32H2,1H3,(H,35,39)/b9-6+/t21-/m1/s1. The van der Waals surface area contributed by atoms with Gasteiger partial charge in [-0.2, -0.15) is 0 Å². The number of nitrogens with two attached hydrogens (primary N) is 1. The van der Waals surface area contributed by atoms with Gasteiger partial charge in [-0.25, -0.2) is 4.98 Å². The zero-order chi connectivity index (χ0) is 28.5. The number of nitrogens with one attached hydrogen (secondary N) is 2. The van der Waals surface area contributed by atoms with Gasteiger partial charge >= 0.3 is 0 Å². The molecule has 6 rings (SSSR count). The molecule has 0 unspecified atom stereocenters. The molecule has 0 radical (unpaired) electrons. The van der Waals surface area contributed by atoms with Crippen LogP contribution in [-0.2, 0) is 4.79 Å². The van der Waals surface area contributed by atoms with Crippen LogP contribution in [0.5, 0.6) is 11.5 Å². The molecule has 41 heavy (non-hydrogen) atoms. The van der Waals surface area contributed by atoms with Crippen LogP contribution < -0.4 is 21.3 Å². The highest BCUT2D eigenvalue weighted by molar-refractivity contribution is 7.21. The van der Waals surface area contributed by atoms with Crippen molar-refractivity contribution in [1.82, 2.24) is 24.8 Å². The van der Waals surface area contributed by atoms with Crippen LogP contribution in [0.15, 0.2) is 72.9 Å². The van der Waals surface area contributed by atoms with Crippen LogP contribution >= 0.6 is 11.3 Å². The van der Waals surface area contributed by atoms with Crippen molar-refractivity contribution in [2.45, 2.75) is 19.4 Å². The lowest BCUT2D eigenvalue weighted by molar-refractivity contribution is -0.125. The number of amides is 2. The van der Waals surface area contributed by atoms with E-state index in [1.165, 1.54) is 17.4 Å². The lowest BCUT2D eigenvalue weighted by Gasteiger charge is -2.17. The number of pyridine rings is 1. The van der Waals surface area contributed by atoms with Crippen LogP contribution in [0.3, 0.4) is 0 Å². The second-order valence-electron chi connectivity index (χ2n) is 9.97. The Balaban J connectivity index is 1.30. The third kappa shape index (κ3) is 5.15. The monoisotopic (exact) mass is 566 g/mol. The van der Waals surface area contributed by atoms with E-state index in [0.717, 1.165) is 38.5 Å². The van der Waals surface area contributed by atoms with Gasteiger partial charge in [0.2, 0.25) is 5.91 Å². The third-order valence-corrected chi connectivity index (χ3v) is 8.27. The number of rotatable bonds is 7. The van der Waals surface area contributed by atoms with E-state index in [1.54, 1.807) is 17.2 Å². The Morgan fingerprint density at radius 1 is 1.22 bits per heavy atom. The zero-order valence-corrected chi connectivity index (χ0v) is 23.4. The SMILES string of the molecule is C=c1[nH]c2c(C(=O)N[C@@H]3CCN(C(=O)/C=C/CN)C3)sc3nccc(c32)n1-c1ccc(Oc2ccccc2)cc1C. The summed E-state index contributed by atoms with van der Waals surface area (Å²) in [7, 11) is 0. The molecule has 2 aromatic carbocycles. The van der Waals surface area contributed by atoms with Crippen molar-refractivity contribution >= 4 is 51.0 Å². The molecule has 2 amide bonds. The van der Waals surface area contributed by atoms with Crippen molar-refractivity contribution in [2.24, 2.45) is 5.73 Å². The van der Waals surface area contributed by atoms with Crippen LogP contribution in [0.1, 0.15) is 21.7 Å². The predicted octanol–water partition coefficient (Wildman–Crippen LogP) is 4.21. The van der Waals surface area contributed by atoms with Crippen LogP contribution in [0, 0.1) is 6.92 Å². The van der Waals surface area contributed by atoms with Gasteiger partial charge in [0.05, 0.1) is 22.1 Å². The highest BCUT2D eigenvalue weighted by atomic mass is 32.1. The van der Waals surface area contributed by atoms with E-state index in [0.29, 0.717) is 41.9 Å². The normalized spacial score (nSPS) is 15.3. The van der Waals surface area contributed by atoms with E-state index < -0.39 is 0 Å². The van der Waals surface area contributed by atoms with Gasteiger partial charge in [-0.05, 0) is 55.3 Å². The van der Waals surface area contributed by atoms with E-state index in [4.69, 9.17) is 10.5 Å². The molecular formula is C31H30N6O3S. The molecule has 208 valence electrons. The molecule has 4 N–H and O–H groups in total. The summed E-state index contributed by atoms with van der Waals surface area (Å²) in [5.74, 6) is 1.23. The predicted molar refractivity (Wildman–Crippen MR) is 162 cm³/mol. The molecular weight excluding hydrogens is 536 g/mol. The number of benzene rings is 2. The Morgan fingerprint density at radius 3 is 2.83 bits per heavy atom. The fourth-order valence-corrected chi connectivity index (χ4v) is 6.29. The smallest absolute Gasteiger partial charge is 0.263 e. The highest BCUT2D eigenvalue weighted by Crippen LogP contribution is 2.34. The average Bonchev–Trinajstić information content (AvgIpc) is 3.59.